The van der Waals surface area contributed by atoms with E-state index in [1.807, 2.05) is 0 Å². The zero-order valence-electron chi connectivity index (χ0n) is 14.8. The summed E-state index contributed by atoms with van der Waals surface area (Å²) in [4.78, 5) is 25.3. The SMILES string of the molecule is CCOC(=O)c1cnn(C2CCN(C(=O)OC(C)(C)C)CC2F)c1Br. The Morgan fingerprint density at radius 1 is 1.44 bits per heavy atom. The predicted octanol–water partition coefficient (Wildman–Crippen LogP) is 3.34. The molecule has 1 fully saturated rings. The van der Waals surface area contributed by atoms with E-state index in [0.29, 0.717) is 17.6 Å². The number of halogens is 2. The minimum absolute atomic E-state index is 0.0827. The second kappa shape index (κ2) is 7.72. The molecule has 2 atom stereocenters. The van der Waals surface area contributed by atoms with Crippen molar-refractivity contribution in [1.82, 2.24) is 14.7 Å². The Bertz CT molecular complexity index is 644. The molecule has 1 amide bonds. The number of hydrogen-bond acceptors (Lipinski definition) is 5. The molecule has 0 saturated carbocycles. The Kier molecular flexibility index (Phi) is 6.08. The molecule has 7 nitrogen and oxygen atoms in total. The molecule has 2 heterocycles. The molecular formula is C16H23BrFN3O4. The fourth-order valence-electron chi connectivity index (χ4n) is 2.58. The highest BCUT2D eigenvalue weighted by Gasteiger charge is 2.36. The fourth-order valence-corrected chi connectivity index (χ4v) is 3.20. The Morgan fingerprint density at radius 3 is 2.68 bits per heavy atom. The van der Waals surface area contributed by atoms with Crippen molar-refractivity contribution in [2.45, 2.75) is 51.9 Å². The summed E-state index contributed by atoms with van der Waals surface area (Å²) in [6.07, 6.45) is -0.134. The molecule has 1 aromatic heterocycles. The molecule has 1 aromatic rings. The third-order valence-electron chi connectivity index (χ3n) is 3.70. The Morgan fingerprint density at radius 2 is 2.12 bits per heavy atom. The maximum absolute atomic E-state index is 14.7. The summed E-state index contributed by atoms with van der Waals surface area (Å²) in [7, 11) is 0. The molecule has 0 aliphatic carbocycles. The average Bonchev–Trinajstić information content (AvgIpc) is 2.87. The minimum Gasteiger partial charge on any atom is -0.462 e. The highest BCUT2D eigenvalue weighted by atomic mass is 79.9. The number of amides is 1. The Balaban J connectivity index is 2.07. The number of alkyl halides is 1. The lowest BCUT2D eigenvalue weighted by atomic mass is 10.0. The van der Waals surface area contributed by atoms with E-state index in [2.05, 4.69) is 21.0 Å². The maximum Gasteiger partial charge on any atom is 0.410 e. The number of ether oxygens (including phenoxy) is 2. The first-order valence-electron chi connectivity index (χ1n) is 8.16. The summed E-state index contributed by atoms with van der Waals surface area (Å²) in [6.45, 7) is 7.52. The molecular weight excluding hydrogens is 397 g/mol. The van der Waals surface area contributed by atoms with E-state index in [-0.39, 0.29) is 18.7 Å². The smallest absolute Gasteiger partial charge is 0.410 e. The van der Waals surface area contributed by atoms with Crippen LogP contribution in [0.2, 0.25) is 0 Å². The quantitative estimate of drug-likeness (QED) is 0.702. The van der Waals surface area contributed by atoms with Gasteiger partial charge in [0.2, 0.25) is 0 Å². The minimum atomic E-state index is -1.33. The summed E-state index contributed by atoms with van der Waals surface area (Å²) in [5.74, 6) is -0.512. The first kappa shape index (κ1) is 19.7. The Labute approximate surface area is 154 Å². The van der Waals surface area contributed by atoms with Gasteiger partial charge in [-0.25, -0.2) is 14.0 Å². The first-order chi connectivity index (χ1) is 11.6. The van der Waals surface area contributed by atoms with Crippen LogP contribution < -0.4 is 0 Å². The molecule has 2 rings (SSSR count). The van der Waals surface area contributed by atoms with Gasteiger partial charge in [0, 0.05) is 6.54 Å². The molecule has 1 aliphatic rings. The van der Waals surface area contributed by atoms with Crippen molar-refractivity contribution in [3.8, 4) is 0 Å². The van der Waals surface area contributed by atoms with Gasteiger partial charge in [-0.15, -0.1) is 0 Å². The first-order valence-corrected chi connectivity index (χ1v) is 8.95. The van der Waals surface area contributed by atoms with Crippen molar-refractivity contribution in [2.75, 3.05) is 19.7 Å². The summed E-state index contributed by atoms with van der Waals surface area (Å²) in [5.41, 5.74) is -0.372. The molecule has 0 aromatic carbocycles. The average molecular weight is 420 g/mol. The summed E-state index contributed by atoms with van der Waals surface area (Å²) in [5, 5.41) is 4.12. The third kappa shape index (κ3) is 4.71. The van der Waals surface area contributed by atoms with Gasteiger partial charge in [-0.2, -0.15) is 5.10 Å². The molecule has 0 N–H and O–H groups in total. The number of rotatable bonds is 3. The summed E-state index contributed by atoms with van der Waals surface area (Å²) >= 11 is 3.30. The van der Waals surface area contributed by atoms with Crippen LogP contribution in [0.5, 0.6) is 0 Å². The van der Waals surface area contributed by atoms with Gasteiger partial charge in [-0.3, -0.25) is 4.68 Å². The summed E-state index contributed by atoms with van der Waals surface area (Å²) < 4.78 is 26.7. The lowest BCUT2D eigenvalue weighted by Crippen LogP contribution is -2.47. The highest BCUT2D eigenvalue weighted by Crippen LogP contribution is 2.30. The monoisotopic (exact) mass is 419 g/mol. The van der Waals surface area contributed by atoms with Crippen LogP contribution in [0.25, 0.3) is 0 Å². The van der Waals surface area contributed by atoms with E-state index in [4.69, 9.17) is 9.47 Å². The van der Waals surface area contributed by atoms with E-state index in [1.54, 1.807) is 27.7 Å². The van der Waals surface area contributed by atoms with Crippen LogP contribution in [0, 0.1) is 0 Å². The van der Waals surface area contributed by atoms with Crippen molar-refractivity contribution in [3.05, 3.63) is 16.4 Å². The topological polar surface area (TPSA) is 73.7 Å². The van der Waals surface area contributed by atoms with Crippen molar-refractivity contribution < 1.29 is 23.5 Å². The zero-order chi connectivity index (χ0) is 18.8. The number of carbonyl (C=O) groups is 2. The number of nitrogens with zero attached hydrogens (tertiary/aromatic N) is 3. The van der Waals surface area contributed by atoms with Crippen LogP contribution >= 0.6 is 15.9 Å². The zero-order valence-corrected chi connectivity index (χ0v) is 16.4. The molecule has 0 spiro atoms. The molecule has 1 aliphatic heterocycles. The van der Waals surface area contributed by atoms with Crippen molar-refractivity contribution in [2.24, 2.45) is 0 Å². The second-order valence-electron chi connectivity index (χ2n) is 6.81. The third-order valence-corrected chi connectivity index (χ3v) is 4.49. The van der Waals surface area contributed by atoms with E-state index >= 15 is 0 Å². The van der Waals surface area contributed by atoms with Gasteiger partial charge in [0.05, 0.1) is 25.4 Å². The summed E-state index contributed by atoms with van der Waals surface area (Å²) in [6, 6.07) is -0.573. The van der Waals surface area contributed by atoms with Crippen LogP contribution in [0.4, 0.5) is 9.18 Å². The standard InChI is InChI=1S/C16H23BrFN3O4/c1-5-24-14(22)10-8-19-21(13(10)17)12-6-7-20(9-11(12)18)15(23)25-16(2,3)4/h8,11-12H,5-7,9H2,1-4H3. The molecule has 9 heteroatoms. The second-order valence-corrected chi connectivity index (χ2v) is 7.56. The van der Waals surface area contributed by atoms with Crippen molar-refractivity contribution in [3.63, 3.8) is 0 Å². The van der Waals surface area contributed by atoms with Gasteiger partial charge >= 0.3 is 12.1 Å². The maximum atomic E-state index is 14.7. The van der Waals surface area contributed by atoms with E-state index < -0.39 is 29.9 Å². The highest BCUT2D eigenvalue weighted by molar-refractivity contribution is 9.10. The predicted molar refractivity (Wildman–Crippen MR) is 92.2 cm³/mol. The van der Waals surface area contributed by atoms with Crippen LogP contribution in [-0.2, 0) is 9.47 Å². The molecule has 0 bridgehead atoms. The number of esters is 1. The van der Waals surface area contributed by atoms with Gasteiger partial charge in [-0.05, 0) is 50.0 Å². The molecule has 2 unspecified atom stereocenters. The number of likely N-dealkylation sites (tertiary alicyclic amines) is 1. The van der Waals surface area contributed by atoms with E-state index in [9.17, 15) is 14.0 Å². The van der Waals surface area contributed by atoms with Crippen molar-refractivity contribution >= 4 is 28.0 Å². The molecule has 25 heavy (non-hydrogen) atoms. The van der Waals surface area contributed by atoms with Crippen LogP contribution in [0.15, 0.2) is 10.8 Å². The normalized spacial score (nSPS) is 21.1. The number of carbonyl (C=O) groups excluding carboxylic acids is 2. The molecule has 1 saturated heterocycles. The van der Waals surface area contributed by atoms with Crippen molar-refractivity contribution in [1.29, 1.82) is 0 Å². The van der Waals surface area contributed by atoms with Gasteiger partial charge in [0.1, 0.15) is 21.9 Å². The van der Waals surface area contributed by atoms with Crippen LogP contribution in [0.3, 0.4) is 0 Å². The van der Waals surface area contributed by atoms with Gasteiger partial charge in [0.25, 0.3) is 0 Å². The van der Waals surface area contributed by atoms with Crippen LogP contribution in [-0.4, -0.2) is 58.2 Å². The van der Waals surface area contributed by atoms with E-state index in [0.717, 1.165) is 0 Å². The largest absolute Gasteiger partial charge is 0.462 e. The molecule has 0 radical (unpaired) electrons. The fraction of sp³-hybridized carbons (Fsp3) is 0.688. The van der Waals surface area contributed by atoms with Gasteiger partial charge < -0.3 is 14.4 Å². The number of piperidine rings is 1. The van der Waals surface area contributed by atoms with Gasteiger partial charge in [-0.1, -0.05) is 0 Å². The van der Waals surface area contributed by atoms with Gasteiger partial charge in [0.15, 0.2) is 0 Å². The lowest BCUT2D eigenvalue weighted by molar-refractivity contribution is 0.00556. The number of aromatic nitrogens is 2. The number of hydrogen-bond donors (Lipinski definition) is 0. The van der Waals surface area contributed by atoms with E-state index in [1.165, 1.54) is 15.8 Å². The molecule has 140 valence electrons. The van der Waals surface area contributed by atoms with Crippen LogP contribution in [0.1, 0.15) is 50.5 Å². The lowest BCUT2D eigenvalue weighted by Gasteiger charge is -2.35. The Hall–Kier alpha value is -1.64.